The SMILES string of the molecule is CC(C)(C)c1ccc(C(=O)N(S)C(=O)Nc2cccc3ccccc23)cc1. The molecule has 3 rings (SSSR count). The molecule has 0 fully saturated rings. The summed E-state index contributed by atoms with van der Waals surface area (Å²) in [6.07, 6.45) is 0. The highest BCUT2D eigenvalue weighted by Crippen LogP contribution is 2.25. The van der Waals surface area contributed by atoms with Crippen LogP contribution >= 0.6 is 12.8 Å². The second kappa shape index (κ2) is 7.45. The number of hydrogen-bond donors (Lipinski definition) is 2. The normalized spacial score (nSPS) is 11.3. The van der Waals surface area contributed by atoms with Crippen LogP contribution < -0.4 is 5.32 Å². The van der Waals surface area contributed by atoms with E-state index in [1.807, 2.05) is 48.5 Å². The summed E-state index contributed by atoms with van der Waals surface area (Å²) in [5.74, 6) is -0.475. The molecule has 0 aliphatic carbocycles. The number of rotatable bonds is 2. The fraction of sp³-hybridized carbons (Fsp3) is 0.182. The van der Waals surface area contributed by atoms with Gasteiger partial charge < -0.3 is 5.32 Å². The number of nitrogens with zero attached hydrogens (tertiary/aromatic N) is 1. The van der Waals surface area contributed by atoms with E-state index in [4.69, 9.17) is 0 Å². The Morgan fingerprint density at radius 3 is 2.19 bits per heavy atom. The molecular weight excluding hydrogens is 356 g/mol. The van der Waals surface area contributed by atoms with Crippen LogP contribution in [-0.2, 0) is 5.41 Å². The maximum atomic E-state index is 12.6. The minimum atomic E-state index is -0.598. The lowest BCUT2D eigenvalue weighted by Gasteiger charge is -2.20. The number of carbonyl (C=O) groups is 2. The van der Waals surface area contributed by atoms with Crippen LogP contribution in [0.2, 0.25) is 0 Å². The van der Waals surface area contributed by atoms with E-state index >= 15 is 0 Å². The molecule has 0 radical (unpaired) electrons. The summed E-state index contributed by atoms with van der Waals surface area (Å²) in [6, 6.07) is 20.0. The van der Waals surface area contributed by atoms with Gasteiger partial charge >= 0.3 is 6.03 Å². The van der Waals surface area contributed by atoms with Crippen molar-refractivity contribution in [3.8, 4) is 0 Å². The van der Waals surface area contributed by atoms with Crippen LogP contribution in [0.15, 0.2) is 66.7 Å². The van der Waals surface area contributed by atoms with Crippen molar-refractivity contribution in [1.29, 1.82) is 0 Å². The van der Waals surface area contributed by atoms with Gasteiger partial charge in [0, 0.05) is 10.9 Å². The van der Waals surface area contributed by atoms with Gasteiger partial charge in [-0.15, -0.1) is 0 Å². The monoisotopic (exact) mass is 378 g/mol. The zero-order valence-corrected chi connectivity index (χ0v) is 16.5. The summed E-state index contributed by atoms with van der Waals surface area (Å²) < 4.78 is 0.799. The first-order chi connectivity index (χ1) is 12.8. The Balaban J connectivity index is 1.77. The molecule has 0 aliphatic rings. The third kappa shape index (κ3) is 4.14. The summed E-state index contributed by atoms with van der Waals surface area (Å²) in [7, 11) is 0. The van der Waals surface area contributed by atoms with E-state index in [9.17, 15) is 9.59 Å². The molecule has 3 aromatic rings. The molecule has 1 N–H and O–H groups in total. The lowest BCUT2D eigenvalue weighted by molar-refractivity contribution is 0.0901. The van der Waals surface area contributed by atoms with Gasteiger partial charge in [-0.2, -0.15) is 0 Å². The first kappa shape index (κ1) is 19.0. The molecule has 0 saturated carbocycles. The molecule has 0 unspecified atom stereocenters. The standard InChI is InChI=1S/C22H22N2O2S/c1-22(2,3)17-13-11-16(12-14-17)20(25)24(27)21(26)23-19-10-6-8-15-7-4-5-9-18(15)19/h4-14,27H,1-3H3,(H,23,26). The van der Waals surface area contributed by atoms with E-state index < -0.39 is 11.9 Å². The third-order valence-corrected chi connectivity index (χ3v) is 4.78. The third-order valence-electron chi connectivity index (χ3n) is 4.41. The van der Waals surface area contributed by atoms with Gasteiger partial charge in [-0.25, -0.2) is 9.10 Å². The fourth-order valence-electron chi connectivity index (χ4n) is 2.83. The van der Waals surface area contributed by atoms with Crippen LogP contribution in [-0.4, -0.2) is 16.2 Å². The average molecular weight is 378 g/mol. The van der Waals surface area contributed by atoms with E-state index in [2.05, 4.69) is 38.9 Å². The number of anilines is 1. The maximum absolute atomic E-state index is 12.6. The maximum Gasteiger partial charge on any atom is 0.338 e. The largest absolute Gasteiger partial charge is 0.338 e. The first-order valence-corrected chi connectivity index (χ1v) is 9.10. The summed E-state index contributed by atoms with van der Waals surface area (Å²) in [5, 5.41) is 4.67. The number of hydrogen-bond acceptors (Lipinski definition) is 3. The van der Waals surface area contributed by atoms with Crippen molar-refractivity contribution in [2.75, 3.05) is 5.32 Å². The van der Waals surface area contributed by atoms with Crippen molar-refractivity contribution in [1.82, 2.24) is 4.31 Å². The van der Waals surface area contributed by atoms with E-state index in [-0.39, 0.29) is 5.41 Å². The Labute approximate surface area is 164 Å². The van der Waals surface area contributed by atoms with Crippen LogP contribution in [0.4, 0.5) is 10.5 Å². The zero-order valence-electron chi connectivity index (χ0n) is 15.6. The molecule has 4 nitrogen and oxygen atoms in total. The molecule has 0 heterocycles. The van der Waals surface area contributed by atoms with Crippen LogP contribution in [0.25, 0.3) is 10.8 Å². The molecule has 0 saturated heterocycles. The van der Waals surface area contributed by atoms with E-state index in [0.717, 1.165) is 20.6 Å². The van der Waals surface area contributed by atoms with Gasteiger partial charge in [-0.1, -0.05) is 82.1 Å². The molecule has 27 heavy (non-hydrogen) atoms. The number of imide groups is 1. The molecule has 0 atom stereocenters. The molecule has 138 valence electrons. The average Bonchev–Trinajstić information content (AvgIpc) is 2.66. The lowest BCUT2D eigenvalue weighted by Crippen LogP contribution is -2.32. The predicted octanol–water partition coefficient (Wildman–Crippen LogP) is 5.66. The Kier molecular flexibility index (Phi) is 5.24. The summed E-state index contributed by atoms with van der Waals surface area (Å²) in [4.78, 5) is 25.1. The smallest absolute Gasteiger partial charge is 0.306 e. The Bertz CT molecular complexity index is 986. The zero-order chi connectivity index (χ0) is 19.6. The van der Waals surface area contributed by atoms with E-state index in [1.165, 1.54) is 0 Å². The Morgan fingerprint density at radius 1 is 0.889 bits per heavy atom. The second-order valence-electron chi connectivity index (χ2n) is 7.40. The van der Waals surface area contributed by atoms with Crippen LogP contribution in [0, 0.1) is 0 Å². The van der Waals surface area contributed by atoms with Crippen molar-refractivity contribution in [3.05, 3.63) is 77.9 Å². The quantitative estimate of drug-likeness (QED) is 0.566. The van der Waals surface area contributed by atoms with Gasteiger partial charge in [0.05, 0.1) is 5.69 Å². The van der Waals surface area contributed by atoms with Gasteiger partial charge in [0.2, 0.25) is 0 Å². The molecule has 0 spiro atoms. The van der Waals surface area contributed by atoms with Gasteiger partial charge in [0.15, 0.2) is 0 Å². The molecule has 3 aromatic carbocycles. The topological polar surface area (TPSA) is 49.4 Å². The number of carbonyl (C=O) groups excluding carboxylic acids is 2. The van der Waals surface area contributed by atoms with Crippen LogP contribution in [0.3, 0.4) is 0 Å². The molecule has 5 heteroatoms. The van der Waals surface area contributed by atoms with Gasteiger partial charge in [0.1, 0.15) is 0 Å². The van der Waals surface area contributed by atoms with Gasteiger partial charge in [-0.3, -0.25) is 4.79 Å². The van der Waals surface area contributed by atoms with Crippen LogP contribution in [0.1, 0.15) is 36.7 Å². The van der Waals surface area contributed by atoms with Crippen molar-refractivity contribution in [2.24, 2.45) is 0 Å². The van der Waals surface area contributed by atoms with E-state index in [0.29, 0.717) is 11.3 Å². The molecule has 0 aliphatic heterocycles. The molecule has 0 bridgehead atoms. The minimum Gasteiger partial charge on any atom is -0.306 e. The summed E-state index contributed by atoms with van der Waals surface area (Å²) in [6.45, 7) is 6.31. The number of benzene rings is 3. The Hall–Kier alpha value is -2.79. The summed E-state index contributed by atoms with van der Waals surface area (Å²) in [5.41, 5.74) is 2.15. The fourth-order valence-corrected chi connectivity index (χ4v) is 3.00. The number of urea groups is 1. The molecule has 3 amide bonds. The van der Waals surface area contributed by atoms with Crippen LogP contribution in [0.5, 0.6) is 0 Å². The first-order valence-electron chi connectivity index (χ1n) is 8.70. The summed E-state index contributed by atoms with van der Waals surface area (Å²) >= 11 is 4.11. The number of amides is 3. The second-order valence-corrected chi connectivity index (χ2v) is 7.80. The Morgan fingerprint density at radius 2 is 1.52 bits per heavy atom. The van der Waals surface area contributed by atoms with Crippen molar-refractivity contribution < 1.29 is 9.59 Å². The highest BCUT2D eigenvalue weighted by molar-refractivity contribution is 7.79. The van der Waals surface area contributed by atoms with E-state index in [1.54, 1.807) is 18.2 Å². The number of nitrogens with one attached hydrogen (secondary N) is 1. The van der Waals surface area contributed by atoms with Crippen molar-refractivity contribution >= 4 is 41.2 Å². The highest BCUT2D eigenvalue weighted by Gasteiger charge is 2.21. The minimum absolute atomic E-state index is 0.00598. The lowest BCUT2D eigenvalue weighted by atomic mass is 9.87. The number of thiol groups is 1. The van der Waals surface area contributed by atoms with Gasteiger partial charge in [-0.05, 0) is 34.6 Å². The van der Waals surface area contributed by atoms with Crippen molar-refractivity contribution in [3.63, 3.8) is 0 Å². The van der Waals surface area contributed by atoms with Crippen molar-refractivity contribution in [2.45, 2.75) is 26.2 Å². The van der Waals surface area contributed by atoms with Gasteiger partial charge in [0.25, 0.3) is 5.91 Å². The number of fused-ring (bicyclic) bond motifs is 1. The molecule has 0 aromatic heterocycles. The highest BCUT2D eigenvalue weighted by atomic mass is 32.1. The molecular formula is C22H22N2O2S. The predicted molar refractivity (Wildman–Crippen MR) is 113 cm³/mol.